The highest BCUT2D eigenvalue weighted by molar-refractivity contribution is 14.1. The Kier molecular flexibility index (Phi) is 2.97. The van der Waals surface area contributed by atoms with Crippen molar-refractivity contribution in [1.29, 1.82) is 0 Å². The fourth-order valence-corrected chi connectivity index (χ4v) is 1.78. The maximum absolute atomic E-state index is 4.99. The van der Waals surface area contributed by atoms with E-state index in [-0.39, 0.29) is 0 Å². The van der Waals surface area contributed by atoms with Gasteiger partial charge in [0.2, 0.25) is 0 Å². The van der Waals surface area contributed by atoms with Gasteiger partial charge < -0.3 is 4.74 Å². The van der Waals surface area contributed by atoms with Crippen LogP contribution in [-0.2, 0) is 11.3 Å². The fourth-order valence-electron chi connectivity index (χ4n) is 1.24. The second-order valence-electron chi connectivity index (χ2n) is 2.91. The molecule has 0 aromatic carbocycles. The van der Waals surface area contributed by atoms with Gasteiger partial charge in [0.15, 0.2) is 0 Å². The molecule has 0 amide bonds. The van der Waals surface area contributed by atoms with Crippen molar-refractivity contribution < 1.29 is 4.74 Å². The Bertz CT molecular complexity index is 441. The minimum absolute atomic E-state index is 0.671. The summed E-state index contributed by atoms with van der Waals surface area (Å²) >= 11 is 2.26. The maximum Gasteiger partial charge on any atom is 0.124 e. The van der Waals surface area contributed by atoms with Crippen LogP contribution < -0.4 is 0 Å². The van der Waals surface area contributed by atoms with Gasteiger partial charge in [0.25, 0.3) is 0 Å². The van der Waals surface area contributed by atoms with Crippen LogP contribution in [-0.4, -0.2) is 28.5 Å². The van der Waals surface area contributed by atoms with Crippen LogP contribution >= 0.6 is 22.6 Å². The summed E-state index contributed by atoms with van der Waals surface area (Å²) in [5, 5.41) is 4.42. The van der Waals surface area contributed by atoms with Gasteiger partial charge in [0.1, 0.15) is 11.0 Å². The molecule has 0 radical (unpaired) electrons. The van der Waals surface area contributed by atoms with Gasteiger partial charge in [0.05, 0.1) is 19.3 Å². The minimum atomic E-state index is 0.671. The standard InChI is InChI=1S/C9H10IN3O/c1-14-5-4-13-6-8-9(12-13)7(10)2-3-11-8/h2-3,6H,4-5H2,1H3. The number of nitrogens with zero attached hydrogens (tertiary/aromatic N) is 3. The van der Waals surface area contributed by atoms with Crippen LogP contribution in [0.3, 0.4) is 0 Å². The zero-order valence-corrected chi connectivity index (χ0v) is 9.93. The van der Waals surface area contributed by atoms with Crippen molar-refractivity contribution in [1.82, 2.24) is 14.8 Å². The Morgan fingerprint density at radius 1 is 1.57 bits per heavy atom. The van der Waals surface area contributed by atoms with Gasteiger partial charge in [-0.1, -0.05) is 0 Å². The third-order valence-corrected chi connectivity index (χ3v) is 2.80. The first kappa shape index (κ1) is 9.85. The summed E-state index contributed by atoms with van der Waals surface area (Å²) in [6.45, 7) is 1.44. The van der Waals surface area contributed by atoms with Crippen LogP contribution in [0, 0.1) is 3.57 Å². The molecule has 2 heterocycles. The Morgan fingerprint density at radius 3 is 3.14 bits per heavy atom. The monoisotopic (exact) mass is 303 g/mol. The van der Waals surface area contributed by atoms with Crippen LogP contribution in [0.15, 0.2) is 18.5 Å². The SMILES string of the molecule is COCCn1cc2nccc(I)c2n1. The normalized spacial score (nSPS) is 11.0. The lowest BCUT2D eigenvalue weighted by molar-refractivity contribution is 0.184. The van der Waals surface area contributed by atoms with Gasteiger partial charge in [-0.2, -0.15) is 5.10 Å². The lowest BCUT2D eigenvalue weighted by Gasteiger charge is -1.97. The summed E-state index contributed by atoms with van der Waals surface area (Å²) in [5.41, 5.74) is 1.90. The summed E-state index contributed by atoms with van der Waals surface area (Å²) in [5.74, 6) is 0. The predicted molar refractivity (Wildman–Crippen MR) is 62.1 cm³/mol. The second-order valence-corrected chi connectivity index (χ2v) is 4.07. The maximum atomic E-state index is 4.99. The van der Waals surface area contributed by atoms with E-state index >= 15 is 0 Å². The van der Waals surface area contributed by atoms with E-state index in [0.717, 1.165) is 21.1 Å². The van der Waals surface area contributed by atoms with E-state index in [1.165, 1.54) is 0 Å². The van der Waals surface area contributed by atoms with E-state index in [4.69, 9.17) is 4.74 Å². The molecule has 4 nitrogen and oxygen atoms in total. The summed E-state index contributed by atoms with van der Waals surface area (Å²) in [6.07, 6.45) is 3.74. The highest BCUT2D eigenvalue weighted by Crippen LogP contribution is 2.15. The van der Waals surface area contributed by atoms with Gasteiger partial charge in [-0.25, -0.2) is 0 Å². The molecule has 2 aromatic rings. The number of hydrogen-bond donors (Lipinski definition) is 0. The van der Waals surface area contributed by atoms with Gasteiger partial charge >= 0.3 is 0 Å². The molecule has 14 heavy (non-hydrogen) atoms. The van der Waals surface area contributed by atoms with Crippen molar-refractivity contribution in [3.8, 4) is 0 Å². The topological polar surface area (TPSA) is 39.9 Å². The van der Waals surface area contributed by atoms with Crippen molar-refractivity contribution in [2.24, 2.45) is 0 Å². The van der Waals surface area contributed by atoms with Crippen LogP contribution in [0.2, 0.25) is 0 Å². The van der Waals surface area contributed by atoms with E-state index < -0.39 is 0 Å². The van der Waals surface area contributed by atoms with Crippen LogP contribution in [0.25, 0.3) is 11.0 Å². The zero-order chi connectivity index (χ0) is 9.97. The molecule has 0 bridgehead atoms. The zero-order valence-electron chi connectivity index (χ0n) is 7.77. The Labute approximate surface area is 95.4 Å². The molecule has 0 saturated heterocycles. The Hall–Kier alpha value is -0.690. The molecule has 0 atom stereocenters. The number of aromatic nitrogens is 3. The van der Waals surface area contributed by atoms with E-state index in [0.29, 0.717) is 6.61 Å². The van der Waals surface area contributed by atoms with Gasteiger partial charge in [-0.15, -0.1) is 0 Å². The minimum Gasteiger partial charge on any atom is -0.383 e. The molecule has 74 valence electrons. The lowest BCUT2D eigenvalue weighted by Crippen LogP contribution is -2.04. The third-order valence-electron chi connectivity index (χ3n) is 1.93. The quantitative estimate of drug-likeness (QED) is 0.810. The first-order valence-corrected chi connectivity index (χ1v) is 5.36. The van der Waals surface area contributed by atoms with E-state index in [1.54, 1.807) is 13.3 Å². The summed E-state index contributed by atoms with van der Waals surface area (Å²) in [4.78, 5) is 4.24. The molecule has 0 aliphatic heterocycles. The molecule has 5 heteroatoms. The average Bonchev–Trinajstić information content (AvgIpc) is 2.59. The first-order valence-electron chi connectivity index (χ1n) is 4.28. The summed E-state index contributed by atoms with van der Waals surface area (Å²) in [7, 11) is 1.69. The van der Waals surface area contributed by atoms with Gasteiger partial charge in [-0.05, 0) is 28.7 Å². The highest BCUT2D eigenvalue weighted by Gasteiger charge is 2.04. The number of rotatable bonds is 3. The number of pyridine rings is 1. The fraction of sp³-hybridized carbons (Fsp3) is 0.333. The van der Waals surface area contributed by atoms with Crippen LogP contribution in [0.1, 0.15) is 0 Å². The van der Waals surface area contributed by atoms with E-state index in [9.17, 15) is 0 Å². The van der Waals surface area contributed by atoms with Gasteiger partial charge in [0, 0.05) is 16.9 Å². The molecule has 0 saturated carbocycles. The number of hydrogen-bond acceptors (Lipinski definition) is 3. The third kappa shape index (κ3) is 1.88. The molecule has 0 spiro atoms. The molecule has 0 unspecified atom stereocenters. The number of methoxy groups -OCH3 is 1. The molecule has 0 aliphatic rings. The molecule has 0 N–H and O–H groups in total. The molecule has 0 aliphatic carbocycles. The van der Waals surface area contributed by atoms with Crippen molar-refractivity contribution in [3.63, 3.8) is 0 Å². The van der Waals surface area contributed by atoms with Crippen LogP contribution in [0.4, 0.5) is 0 Å². The lowest BCUT2D eigenvalue weighted by atomic mass is 10.4. The Morgan fingerprint density at radius 2 is 2.43 bits per heavy atom. The molecule has 0 fully saturated rings. The smallest absolute Gasteiger partial charge is 0.124 e. The van der Waals surface area contributed by atoms with Crippen molar-refractivity contribution in [2.45, 2.75) is 6.54 Å². The molecule has 2 aromatic heterocycles. The summed E-state index contributed by atoms with van der Waals surface area (Å²) < 4.78 is 7.98. The van der Waals surface area contributed by atoms with E-state index in [1.807, 2.05) is 16.9 Å². The second kappa shape index (κ2) is 4.22. The van der Waals surface area contributed by atoms with Gasteiger partial charge in [-0.3, -0.25) is 9.67 Å². The molecular formula is C9H10IN3O. The number of halogens is 1. The average molecular weight is 303 g/mol. The molecular weight excluding hydrogens is 293 g/mol. The highest BCUT2D eigenvalue weighted by atomic mass is 127. The van der Waals surface area contributed by atoms with E-state index in [2.05, 4.69) is 32.7 Å². The van der Waals surface area contributed by atoms with Crippen molar-refractivity contribution >= 4 is 33.6 Å². The van der Waals surface area contributed by atoms with Crippen molar-refractivity contribution in [3.05, 3.63) is 22.0 Å². The van der Waals surface area contributed by atoms with Crippen LogP contribution in [0.5, 0.6) is 0 Å². The summed E-state index contributed by atoms with van der Waals surface area (Å²) in [6, 6.07) is 1.95. The number of fused-ring (bicyclic) bond motifs is 1. The molecule has 2 rings (SSSR count). The van der Waals surface area contributed by atoms with Crippen molar-refractivity contribution in [2.75, 3.05) is 13.7 Å². The number of ether oxygens (including phenoxy) is 1. The largest absolute Gasteiger partial charge is 0.383 e. The Balaban J connectivity index is 2.36. The predicted octanol–water partition coefficient (Wildman–Crippen LogP) is 1.68. The first-order chi connectivity index (χ1) is 6.81.